The second-order valence-electron chi connectivity index (χ2n) is 4.47. The molecule has 2 rings (SSSR count). The fourth-order valence-electron chi connectivity index (χ4n) is 2.12. The highest BCUT2D eigenvalue weighted by atomic mass is 35.5. The molecule has 0 bridgehead atoms. The number of methoxy groups -OCH3 is 1. The molecule has 1 atom stereocenters. The van der Waals surface area contributed by atoms with Crippen molar-refractivity contribution in [2.45, 2.75) is 38.0 Å². The number of benzene rings is 1. The van der Waals surface area contributed by atoms with Crippen molar-refractivity contribution in [2.24, 2.45) is 0 Å². The predicted molar refractivity (Wildman–Crippen MR) is 66.8 cm³/mol. The second-order valence-corrected chi connectivity index (χ2v) is 4.91. The van der Waals surface area contributed by atoms with E-state index in [-0.39, 0.29) is 0 Å². The second kappa shape index (κ2) is 5.17. The van der Waals surface area contributed by atoms with E-state index in [0.29, 0.717) is 18.2 Å². The van der Waals surface area contributed by atoms with Crippen LogP contribution in [-0.2, 0) is 4.74 Å². The van der Waals surface area contributed by atoms with Crippen LogP contribution in [0.25, 0.3) is 0 Å². The third kappa shape index (κ3) is 2.76. The lowest BCUT2D eigenvalue weighted by molar-refractivity contribution is 0.0147. The maximum Gasteiger partial charge on any atom is 0.0601 e. The molecule has 0 unspecified atom stereocenters. The molecule has 0 radical (unpaired) electrons. The fourth-order valence-corrected chi connectivity index (χ4v) is 2.32. The summed E-state index contributed by atoms with van der Waals surface area (Å²) in [5.41, 5.74) is 1.24. The number of ether oxygens (including phenoxy) is 1. The number of halogens is 1. The monoisotopic (exact) mass is 239 g/mol. The summed E-state index contributed by atoms with van der Waals surface area (Å²) in [7, 11) is 1.78. The molecule has 1 aliphatic carbocycles. The van der Waals surface area contributed by atoms with Gasteiger partial charge >= 0.3 is 0 Å². The van der Waals surface area contributed by atoms with E-state index in [9.17, 15) is 0 Å². The predicted octanol–water partition coefficient (Wildman–Crippen LogP) is 3.17. The molecule has 0 amide bonds. The quantitative estimate of drug-likeness (QED) is 0.872. The summed E-state index contributed by atoms with van der Waals surface area (Å²) in [6.45, 7) is 2.17. The number of hydrogen-bond acceptors (Lipinski definition) is 2. The Bertz CT molecular complexity index is 350. The smallest absolute Gasteiger partial charge is 0.0601 e. The summed E-state index contributed by atoms with van der Waals surface area (Å²) in [6.07, 6.45) is 2.67. The van der Waals surface area contributed by atoms with Gasteiger partial charge in [-0.1, -0.05) is 23.7 Å². The van der Waals surface area contributed by atoms with E-state index in [2.05, 4.69) is 18.3 Å². The van der Waals surface area contributed by atoms with Gasteiger partial charge in [-0.05, 0) is 37.5 Å². The lowest BCUT2D eigenvalue weighted by Crippen LogP contribution is -2.45. The van der Waals surface area contributed by atoms with Crippen molar-refractivity contribution in [2.75, 3.05) is 7.11 Å². The Kier molecular flexibility index (Phi) is 3.85. The van der Waals surface area contributed by atoms with Gasteiger partial charge < -0.3 is 10.1 Å². The standard InChI is InChI=1S/C13H18ClNO/c1-9(10-4-3-5-11(14)6-10)15-12-7-13(8-12)16-2/h3-6,9,12-13,15H,7-8H2,1-2H3/t9-,12?,13?/m0/s1. The number of hydrogen-bond donors (Lipinski definition) is 1. The first-order chi connectivity index (χ1) is 7.69. The summed E-state index contributed by atoms with van der Waals surface area (Å²) in [4.78, 5) is 0. The van der Waals surface area contributed by atoms with E-state index >= 15 is 0 Å². The first kappa shape index (κ1) is 11.9. The molecule has 88 valence electrons. The van der Waals surface area contributed by atoms with Gasteiger partial charge in [0.1, 0.15) is 0 Å². The van der Waals surface area contributed by atoms with Crippen LogP contribution in [0.2, 0.25) is 5.02 Å². The Labute approximate surface area is 102 Å². The summed E-state index contributed by atoms with van der Waals surface area (Å²) in [5.74, 6) is 0. The van der Waals surface area contributed by atoms with Gasteiger partial charge in [-0.3, -0.25) is 0 Å². The zero-order valence-electron chi connectivity index (χ0n) is 9.74. The van der Waals surface area contributed by atoms with Crippen LogP contribution in [0.3, 0.4) is 0 Å². The maximum atomic E-state index is 5.97. The van der Waals surface area contributed by atoms with Gasteiger partial charge in [0.2, 0.25) is 0 Å². The van der Waals surface area contributed by atoms with Crippen LogP contribution in [0.15, 0.2) is 24.3 Å². The molecule has 0 aliphatic heterocycles. The molecule has 1 fully saturated rings. The largest absolute Gasteiger partial charge is 0.381 e. The van der Waals surface area contributed by atoms with Crippen LogP contribution >= 0.6 is 11.6 Å². The molecule has 1 aromatic carbocycles. The fraction of sp³-hybridized carbons (Fsp3) is 0.538. The molecule has 0 heterocycles. The van der Waals surface area contributed by atoms with Crippen molar-refractivity contribution in [1.29, 1.82) is 0 Å². The van der Waals surface area contributed by atoms with E-state index < -0.39 is 0 Å². The average Bonchev–Trinajstić information content (AvgIpc) is 2.22. The van der Waals surface area contributed by atoms with E-state index in [1.165, 1.54) is 5.56 Å². The minimum absolute atomic E-state index is 0.349. The molecule has 16 heavy (non-hydrogen) atoms. The van der Waals surface area contributed by atoms with E-state index in [4.69, 9.17) is 16.3 Å². The van der Waals surface area contributed by atoms with Gasteiger partial charge in [-0.2, -0.15) is 0 Å². The zero-order chi connectivity index (χ0) is 11.5. The van der Waals surface area contributed by atoms with Crippen molar-refractivity contribution < 1.29 is 4.74 Å². The Balaban J connectivity index is 1.87. The molecule has 1 saturated carbocycles. The topological polar surface area (TPSA) is 21.3 Å². The van der Waals surface area contributed by atoms with E-state index in [1.54, 1.807) is 7.11 Å². The molecule has 0 aromatic heterocycles. The molecule has 0 spiro atoms. The van der Waals surface area contributed by atoms with E-state index in [1.807, 2.05) is 18.2 Å². The molecule has 2 nitrogen and oxygen atoms in total. The van der Waals surface area contributed by atoms with Gasteiger partial charge in [0, 0.05) is 24.2 Å². The molecule has 1 N–H and O–H groups in total. The summed E-state index contributed by atoms with van der Waals surface area (Å²) >= 11 is 5.97. The average molecular weight is 240 g/mol. The molecule has 0 saturated heterocycles. The molecular formula is C13H18ClNO. The van der Waals surface area contributed by atoms with Crippen LogP contribution in [0, 0.1) is 0 Å². The Morgan fingerprint density at radius 1 is 1.44 bits per heavy atom. The van der Waals surface area contributed by atoms with Crippen LogP contribution in [0.5, 0.6) is 0 Å². The molecular weight excluding hydrogens is 222 g/mol. The third-order valence-corrected chi connectivity index (χ3v) is 3.50. The van der Waals surface area contributed by atoms with Gasteiger partial charge in [-0.15, -0.1) is 0 Å². The maximum absolute atomic E-state index is 5.97. The van der Waals surface area contributed by atoms with Gasteiger partial charge in [0.05, 0.1) is 6.10 Å². The first-order valence-corrected chi connectivity index (χ1v) is 6.11. The summed E-state index contributed by atoms with van der Waals surface area (Å²) < 4.78 is 5.26. The van der Waals surface area contributed by atoms with Crippen LogP contribution in [0.4, 0.5) is 0 Å². The van der Waals surface area contributed by atoms with Gasteiger partial charge in [0.15, 0.2) is 0 Å². The van der Waals surface area contributed by atoms with Crippen molar-refractivity contribution in [1.82, 2.24) is 5.32 Å². The SMILES string of the molecule is COC1CC(N[C@@H](C)c2cccc(Cl)c2)C1. The zero-order valence-corrected chi connectivity index (χ0v) is 10.5. The molecule has 1 aliphatic rings. The minimum Gasteiger partial charge on any atom is -0.381 e. The molecule has 1 aromatic rings. The normalized spacial score (nSPS) is 26.2. The minimum atomic E-state index is 0.349. The van der Waals surface area contributed by atoms with E-state index in [0.717, 1.165) is 17.9 Å². The summed E-state index contributed by atoms with van der Waals surface area (Å²) in [6, 6.07) is 8.96. The number of rotatable bonds is 4. The number of nitrogens with one attached hydrogen (secondary N) is 1. The highest BCUT2D eigenvalue weighted by Crippen LogP contribution is 2.26. The third-order valence-electron chi connectivity index (χ3n) is 3.26. The Morgan fingerprint density at radius 3 is 2.81 bits per heavy atom. The highest BCUT2D eigenvalue weighted by molar-refractivity contribution is 6.30. The highest BCUT2D eigenvalue weighted by Gasteiger charge is 2.29. The van der Waals surface area contributed by atoms with Gasteiger partial charge in [-0.25, -0.2) is 0 Å². The van der Waals surface area contributed by atoms with Crippen molar-refractivity contribution in [3.05, 3.63) is 34.9 Å². The van der Waals surface area contributed by atoms with Crippen molar-refractivity contribution in [3.8, 4) is 0 Å². The molecule has 3 heteroatoms. The van der Waals surface area contributed by atoms with Crippen molar-refractivity contribution >= 4 is 11.6 Å². The van der Waals surface area contributed by atoms with Crippen LogP contribution < -0.4 is 5.32 Å². The Hall–Kier alpha value is -0.570. The first-order valence-electron chi connectivity index (χ1n) is 5.73. The lowest BCUT2D eigenvalue weighted by atomic mass is 9.88. The Morgan fingerprint density at radius 2 is 2.19 bits per heavy atom. The lowest BCUT2D eigenvalue weighted by Gasteiger charge is -2.36. The van der Waals surface area contributed by atoms with Crippen molar-refractivity contribution in [3.63, 3.8) is 0 Å². The van der Waals surface area contributed by atoms with Crippen LogP contribution in [-0.4, -0.2) is 19.3 Å². The van der Waals surface area contributed by atoms with Gasteiger partial charge in [0.25, 0.3) is 0 Å². The summed E-state index contributed by atoms with van der Waals surface area (Å²) in [5, 5.41) is 4.39. The van der Waals surface area contributed by atoms with Crippen LogP contribution in [0.1, 0.15) is 31.4 Å².